The van der Waals surface area contributed by atoms with E-state index in [0.717, 1.165) is 43.3 Å². The van der Waals surface area contributed by atoms with Gasteiger partial charge in [0.15, 0.2) is 0 Å². The maximum absolute atomic E-state index is 12.5. The minimum Gasteiger partial charge on any atom is -0.323 e. The number of nitrogens with zero attached hydrogens (tertiary/aromatic N) is 2. The fraction of sp³-hybridized carbons (Fsp3) is 0.316. The molecule has 1 aliphatic rings. The minimum atomic E-state index is -0.0735. The molecule has 0 saturated carbocycles. The van der Waals surface area contributed by atoms with Crippen molar-refractivity contribution in [2.24, 2.45) is 0 Å². The van der Waals surface area contributed by atoms with Gasteiger partial charge in [-0.2, -0.15) is 0 Å². The second-order valence-corrected chi connectivity index (χ2v) is 7.06. The summed E-state index contributed by atoms with van der Waals surface area (Å²) in [6.45, 7) is 4.17. The van der Waals surface area contributed by atoms with Crippen molar-refractivity contribution < 1.29 is 4.79 Å². The van der Waals surface area contributed by atoms with Crippen LogP contribution < -0.4 is 5.32 Å². The van der Waals surface area contributed by atoms with Gasteiger partial charge in [-0.3, -0.25) is 4.90 Å². The van der Waals surface area contributed by atoms with Crippen LogP contribution in [-0.2, 0) is 6.54 Å². The molecule has 0 aromatic heterocycles. The number of hydrogen-bond acceptors (Lipinski definition) is 2. The van der Waals surface area contributed by atoms with E-state index in [1.165, 1.54) is 5.56 Å². The molecule has 0 aliphatic carbocycles. The molecule has 1 saturated heterocycles. The van der Waals surface area contributed by atoms with Gasteiger partial charge in [-0.15, -0.1) is 0 Å². The Hall–Kier alpha value is -1.75. The maximum Gasteiger partial charge on any atom is 0.321 e. The van der Waals surface area contributed by atoms with Gasteiger partial charge < -0.3 is 10.2 Å². The van der Waals surface area contributed by atoms with Crippen molar-refractivity contribution in [3.63, 3.8) is 0 Å². The van der Waals surface area contributed by atoms with Crippen LogP contribution in [0.5, 0.6) is 0 Å². The highest BCUT2D eigenvalue weighted by atomic mass is 35.5. The Bertz CT molecular complexity index is 721. The Kier molecular flexibility index (Phi) is 6.19. The SMILES string of the molecule is O=C(Nc1cccc(Cl)c1)N1CCCN(Cc2ccc(Cl)cc2)CC1. The first-order chi connectivity index (χ1) is 12.1. The zero-order valence-corrected chi connectivity index (χ0v) is 15.4. The quantitative estimate of drug-likeness (QED) is 0.838. The Balaban J connectivity index is 1.54. The summed E-state index contributed by atoms with van der Waals surface area (Å²) >= 11 is 11.9. The number of urea groups is 1. The van der Waals surface area contributed by atoms with Crippen LogP contribution in [0.1, 0.15) is 12.0 Å². The van der Waals surface area contributed by atoms with E-state index in [1.54, 1.807) is 12.1 Å². The Morgan fingerprint density at radius 2 is 1.76 bits per heavy atom. The normalized spacial score (nSPS) is 15.7. The number of carbonyl (C=O) groups excluding carboxylic acids is 1. The second kappa shape index (κ2) is 8.56. The van der Waals surface area contributed by atoms with Crippen LogP contribution in [0.15, 0.2) is 48.5 Å². The molecule has 1 aliphatic heterocycles. The summed E-state index contributed by atoms with van der Waals surface area (Å²) in [5, 5.41) is 4.29. The van der Waals surface area contributed by atoms with Gasteiger partial charge in [-0.25, -0.2) is 4.79 Å². The molecule has 0 bridgehead atoms. The van der Waals surface area contributed by atoms with E-state index in [-0.39, 0.29) is 6.03 Å². The highest BCUT2D eigenvalue weighted by Gasteiger charge is 2.19. The maximum atomic E-state index is 12.5. The molecule has 2 amide bonds. The number of halogens is 2. The lowest BCUT2D eigenvalue weighted by molar-refractivity contribution is 0.211. The summed E-state index contributed by atoms with van der Waals surface area (Å²) in [6.07, 6.45) is 0.955. The van der Waals surface area contributed by atoms with Crippen LogP contribution in [0.2, 0.25) is 10.0 Å². The standard InChI is InChI=1S/C19H21Cl2N3O/c20-16-7-5-15(6-8-16)14-23-9-2-10-24(12-11-23)19(25)22-18-4-1-3-17(21)13-18/h1,3-8,13H,2,9-12,14H2,(H,22,25). The fourth-order valence-electron chi connectivity index (χ4n) is 2.95. The van der Waals surface area contributed by atoms with Gasteiger partial charge in [0.1, 0.15) is 0 Å². The summed E-state index contributed by atoms with van der Waals surface area (Å²) in [4.78, 5) is 16.7. The number of carbonyl (C=O) groups is 1. The second-order valence-electron chi connectivity index (χ2n) is 6.18. The molecule has 6 heteroatoms. The van der Waals surface area contributed by atoms with E-state index < -0.39 is 0 Å². The Labute approximate surface area is 158 Å². The average molecular weight is 378 g/mol. The van der Waals surface area contributed by atoms with Gasteiger partial charge in [0, 0.05) is 48.5 Å². The molecular formula is C19H21Cl2N3O. The number of hydrogen-bond donors (Lipinski definition) is 1. The lowest BCUT2D eigenvalue weighted by atomic mass is 10.2. The smallest absolute Gasteiger partial charge is 0.321 e. The van der Waals surface area contributed by atoms with Crippen LogP contribution >= 0.6 is 23.2 Å². The zero-order valence-electron chi connectivity index (χ0n) is 13.9. The van der Waals surface area contributed by atoms with Gasteiger partial charge >= 0.3 is 6.03 Å². The van der Waals surface area contributed by atoms with Crippen molar-refractivity contribution in [3.05, 3.63) is 64.1 Å². The van der Waals surface area contributed by atoms with Crippen molar-refractivity contribution in [1.82, 2.24) is 9.80 Å². The van der Waals surface area contributed by atoms with Gasteiger partial charge in [0.2, 0.25) is 0 Å². The predicted octanol–water partition coefficient (Wildman–Crippen LogP) is 4.73. The number of anilines is 1. The van der Waals surface area contributed by atoms with E-state index in [1.807, 2.05) is 29.2 Å². The molecule has 1 heterocycles. The van der Waals surface area contributed by atoms with Gasteiger partial charge in [-0.1, -0.05) is 41.4 Å². The molecule has 0 radical (unpaired) electrons. The summed E-state index contributed by atoms with van der Waals surface area (Å²) in [5.41, 5.74) is 1.96. The van der Waals surface area contributed by atoms with Gasteiger partial charge in [0.25, 0.3) is 0 Å². The first-order valence-corrected chi connectivity index (χ1v) is 9.14. The van der Waals surface area contributed by atoms with E-state index >= 15 is 0 Å². The molecule has 4 nitrogen and oxygen atoms in total. The molecule has 132 valence electrons. The largest absolute Gasteiger partial charge is 0.323 e. The fourth-order valence-corrected chi connectivity index (χ4v) is 3.27. The molecule has 3 rings (SSSR count). The zero-order chi connectivity index (χ0) is 17.6. The van der Waals surface area contributed by atoms with Gasteiger partial charge in [0.05, 0.1) is 0 Å². The third-order valence-corrected chi connectivity index (χ3v) is 4.76. The lowest BCUT2D eigenvalue weighted by Gasteiger charge is -2.22. The van der Waals surface area contributed by atoms with Crippen LogP contribution in [-0.4, -0.2) is 42.0 Å². The highest BCUT2D eigenvalue weighted by Crippen LogP contribution is 2.16. The third kappa shape index (κ3) is 5.36. The number of rotatable bonds is 3. The Morgan fingerprint density at radius 3 is 2.52 bits per heavy atom. The molecule has 0 atom stereocenters. The lowest BCUT2D eigenvalue weighted by Crippen LogP contribution is -2.38. The third-order valence-electron chi connectivity index (χ3n) is 4.27. The van der Waals surface area contributed by atoms with E-state index in [9.17, 15) is 4.79 Å². The summed E-state index contributed by atoms with van der Waals surface area (Å²) < 4.78 is 0. The van der Waals surface area contributed by atoms with Crippen LogP contribution in [0.4, 0.5) is 10.5 Å². The first-order valence-electron chi connectivity index (χ1n) is 8.38. The molecule has 2 aromatic carbocycles. The molecule has 0 unspecified atom stereocenters. The average Bonchev–Trinajstić information content (AvgIpc) is 2.83. The van der Waals surface area contributed by atoms with Crippen molar-refractivity contribution in [1.29, 1.82) is 0 Å². The molecule has 0 spiro atoms. The number of benzene rings is 2. The number of nitrogens with one attached hydrogen (secondary N) is 1. The summed E-state index contributed by atoms with van der Waals surface area (Å²) in [7, 11) is 0. The topological polar surface area (TPSA) is 35.6 Å². The Morgan fingerprint density at radius 1 is 0.960 bits per heavy atom. The van der Waals surface area contributed by atoms with Crippen LogP contribution in [0, 0.1) is 0 Å². The van der Waals surface area contributed by atoms with Gasteiger partial charge in [-0.05, 0) is 42.3 Å². The molecule has 1 N–H and O–H groups in total. The molecule has 2 aromatic rings. The summed E-state index contributed by atoms with van der Waals surface area (Å²) in [5.74, 6) is 0. The molecular weight excluding hydrogens is 357 g/mol. The van der Waals surface area contributed by atoms with E-state index in [4.69, 9.17) is 23.2 Å². The molecule has 1 fully saturated rings. The highest BCUT2D eigenvalue weighted by molar-refractivity contribution is 6.31. The van der Waals surface area contributed by atoms with Crippen molar-refractivity contribution >= 4 is 34.9 Å². The van der Waals surface area contributed by atoms with Crippen LogP contribution in [0.3, 0.4) is 0 Å². The first kappa shape index (κ1) is 18.1. The van der Waals surface area contributed by atoms with Crippen LogP contribution in [0.25, 0.3) is 0 Å². The van der Waals surface area contributed by atoms with E-state index in [2.05, 4.69) is 22.3 Å². The summed E-state index contributed by atoms with van der Waals surface area (Å²) in [6, 6.07) is 15.1. The minimum absolute atomic E-state index is 0.0735. The van der Waals surface area contributed by atoms with Crippen molar-refractivity contribution in [2.75, 3.05) is 31.5 Å². The predicted molar refractivity (Wildman–Crippen MR) is 103 cm³/mol. The molecule has 25 heavy (non-hydrogen) atoms. The van der Waals surface area contributed by atoms with Crippen molar-refractivity contribution in [3.8, 4) is 0 Å². The van der Waals surface area contributed by atoms with Crippen molar-refractivity contribution in [2.45, 2.75) is 13.0 Å². The number of amides is 2. The monoisotopic (exact) mass is 377 g/mol. The van der Waals surface area contributed by atoms with E-state index in [0.29, 0.717) is 11.6 Å².